The topological polar surface area (TPSA) is 218 Å². The molecular weight excluding hydrogens is 964 g/mol. The Morgan fingerprint density at radius 1 is 0.600 bits per heavy atom. The van der Waals surface area contributed by atoms with E-state index in [1.165, 1.54) is 24.3 Å². The van der Waals surface area contributed by atoms with Crippen molar-refractivity contribution in [3.8, 4) is 5.75 Å². The number of nitrogens with zero attached hydrogens (tertiary/aromatic N) is 2. The monoisotopic (exact) mass is 1030 g/mol. The summed E-state index contributed by atoms with van der Waals surface area (Å²) in [6.45, 7) is 2.41. The second-order valence-electron chi connectivity index (χ2n) is 18.7. The van der Waals surface area contributed by atoms with E-state index in [0.717, 1.165) is 73.1 Å². The number of imidazole rings is 1. The molecule has 75 heavy (non-hydrogen) atoms. The number of benzene rings is 5. The van der Waals surface area contributed by atoms with Crippen LogP contribution in [0.4, 0.5) is 13.2 Å². The van der Waals surface area contributed by atoms with Crippen LogP contribution in [0.3, 0.4) is 0 Å². The third kappa shape index (κ3) is 16.1. The summed E-state index contributed by atoms with van der Waals surface area (Å²) in [5.74, 6) is -4.08. The van der Waals surface area contributed by atoms with E-state index in [9.17, 15) is 47.4 Å². The number of hydrogen-bond acceptors (Lipinski definition) is 8. The fourth-order valence-corrected chi connectivity index (χ4v) is 9.07. The van der Waals surface area contributed by atoms with Crippen LogP contribution in [0.5, 0.6) is 5.75 Å². The number of carboxylic acids is 1. The van der Waals surface area contributed by atoms with Crippen molar-refractivity contribution in [3.63, 3.8) is 0 Å². The van der Waals surface area contributed by atoms with E-state index >= 15 is 0 Å². The van der Waals surface area contributed by atoms with Crippen LogP contribution in [0.1, 0.15) is 104 Å². The molecule has 5 aromatic carbocycles. The number of aromatic nitrogens is 2. The minimum Gasteiger partial charge on any atom is -0.508 e. The number of phenols is 1. The predicted octanol–water partition coefficient (Wildman–Crippen LogP) is 7.99. The molecule has 0 aliphatic rings. The van der Waals surface area contributed by atoms with E-state index in [-0.39, 0.29) is 42.9 Å². The molecule has 0 saturated heterocycles. The molecule has 4 amide bonds. The molecule has 14 nitrogen and oxygen atoms in total. The van der Waals surface area contributed by atoms with E-state index in [1.807, 2.05) is 102 Å². The van der Waals surface area contributed by atoms with Crippen LogP contribution < -0.4 is 27.0 Å². The minimum atomic E-state index is -4.65. The fraction of sp³-hybridized carbons (Fsp3) is 0.345. The molecule has 8 N–H and O–H groups in total. The summed E-state index contributed by atoms with van der Waals surface area (Å²) in [4.78, 5) is 72.5. The predicted molar refractivity (Wildman–Crippen MR) is 279 cm³/mol. The number of aliphatic carboxylic acids is 1. The van der Waals surface area contributed by atoms with Gasteiger partial charge in [0.1, 0.15) is 29.4 Å². The molecule has 0 aliphatic carbocycles. The highest BCUT2D eigenvalue weighted by atomic mass is 19.4. The number of rotatable bonds is 28. The molecule has 0 bridgehead atoms. The number of halogens is 3. The average Bonchev–Trinajstić information content (AvgIpc) is 3.87. The number of alkyl halides is 3. The highest BCUT2D eigenvalue weighted by Crippen LogP contribution is 2.41. The first-order valence-electron chi connectivity index (χ1n) is 25.4. The summed E-state index contributed by atoms with van der Waals surface area (Å²) in [5.41, 5.74) is 8.79. The smallest absolute Gasteiger partial charge is 0.416 e. The SMILES string of the molecule is CCCCCCCC(=O)NCCCCC(NC(=O)C(N)Cc1cn(C(c2ccccc2)(c2ccccc2)c2ccccc2)cn1)C(=O)NC(Cc1ccc(C(F)(F)F)cc1)C(=O)N[C@@H](Cc1ccc(O)cc1)C(=O)O. The van der Waals surface area contributed by atoms with Gasteiger partial charge in [-0.1, -0.05) is 148 Å². The highest BCUT2D eigenvalue weighted by Gasteiger charge is 2.39. The van der Waals surface area contributed by atoms with Gasteiger partial charge < -0.3 is 41.8 Å². The largest absolute Gasteiger partial charge is 0.508 e. The summed E-state index contributed by atoms with van der Waals surface area (Å²) in [7, 11) is 0. The van der Waals surface area contributed by atoms with Crippen LogP contribution in [0.2, 0.25) is 0 Å². The normalized spacial score (nSPS) is 13.2. The minimum absolute atomic E-state index is 0.0206. The van der Waals surface area contributed by atoms with Crippen molar-refractivity contribution in [1.29, 1.82) is 0 Å². The molecule has 0 radical (unpaired) electrons. The van der Waals surface area contributed by atoms with Crippen LogP contribution in [-0.2, 0) is 55.0 Å². The summed E-state index contributed by atoms with van der Waals surface area (Å²) in [6, 6.07) is 33.8. The number of unbranched alkanes of at least 4 members (excludes halogenated alkanes) is 5. The lowest BCUT2D eigenvalue weighted by molar-refractivity contribution is -0.142. The summed E-state index contributed by atoms with van der Waals surface area (Å²) < 4.78 is 42.6. The molecule has 4 atom stereocenters. The van der Waals surface area contributed by atoms with Gasteiger partial charge in [0, 0.05) is 38.4 Å². The van der Waals surface area contributed by atoms with Crippen LogP contribution >= 0.6 is 0 Å². The van der Waals surface area contributed by atoms with Crippen LogP contribution in [-0.4, -0.2) is 80.1 Å². The van der Waals surface area contributed by atoms with E-state index < -0.39 is 65.1 Å². The number of carboxylic acid groups (broad SMARTS) is 1. The molecule has 17 heteroatoms. The van der Waals surface area contributed by atoms with Crippen molar-refractivity contribution in [2.24, 2.45) is 5.73 Å². The maximum absolute atomic E-state index is 14.5. The first-order chi connectivity index (χ1) is 36.1. The molecule has 6 aromatic rings. The van der Waals surface area contributed by atoms with Gasteiger partial charge in [0.15, 0.2) is 0 Å². The zero-order chi connectivity index (χ0) is 53.8. The van der Waals surface area contributed by atoms with E-state index in [4.69, 9.17) is 10.7 Å². The maximum atomic E-state index is 14.5. The Labute approximate surface area is 435 Å². The molecule has 6 rings (SSSR count). The third-order valence-corrected chi connectivity index (χ3v) is 13.1. The van der Waals surface area contributed by atoms with Crippen LogP contribution in [0.25, 0.3) is 0 Å². The Bertz CT molecular complexity index is 2660. The molecule has 396 valence electrons. The molecule has 3 unspecified atom stereocenters. The Hall–Kier alpha value is -7.79. The van der Waals surface area contributed by atoms with Gasteiger partial charge in [0.05, 0.1) is 23.6 Å². The van der Waals surface area contributed by atoms with Crippen molar-refractivity contribution in [3.05, 3.63) is 191 Å². The molecule has 0 aliphatic heterocycles. The second kappa shape index (κ2) is 27.5. The standard InChI is InChI=1S/C58H66F3N7O7/c1-2-3-4-5-15-25-52(70)63-34-17-16-24-49(54(72)66-50(35-40-26-30-45(31-27-40)58(59,60)61)55(73)67-51(56(74)75)36-41-28-32-47(69)33-29-41)65-53(71)48(62)37-46-38-68(39-64-46)57(42-18-9-6-10-19-42,43-20-11-7-12-21-43)44-22-13-8-14-23-44/h6-14,18-23,26-33,38-39,48-51,69H,2-5,15-17,24-25,34-37,62H2,1H3,(H,63,70)(H,65,71)(H,66,72)(H,67,73)(H,74,75)/t48?,49?,50?,51-/m0/s1. The fourth-order valence-electron chi connectivity index (χ4n) is 9.07. The first-order valence-corrected chi connectivity index (χ1v) is 25.4. The van der Waals surface area contributed by atoms with Gasteiger partial charge in [-0.3, -0.25) is 19.2 Å². The van der Waals surface area contributed by atoms with Gasteiger partial charge in [-0.05, 0) is 77.8 Å². The number of nitrogens with one attached hydrogen (secondary N) is 4. The lowest BCUT2D eigenvalue weighted by Crippen LogP contribution is -2.58. The molecule has 1 heterocycles. The molecule has 1 aromatic heterocycles. The summed E-state index contributed by atoms with van der Waals surface area (Å²) in [5, 5.41) is 30.6. The Balaban J connectivity index is 1.24. The summed E-state index contributed by atoms with van der Waals surface area (Å²) in [6.07, 6.45) is 4.35. The van der Waals surface area contributed by atoms with E-state index in [0.29, 0.717) is 37.1 Å². The number of hydrogen-bond donors (Lipinski definition) is 7. The van der Waals surface area contributed by atoms with Crippen molar-refractivity contribution >= 4 is 29.6 Å². The van der Waals surface area contributed by atoms with E-state index in [2.05, 4.69) is 28.2 Å². The molecule has 0 fully saturated rings. The Kier molecular flexibility index (Phi) is 20.7. The van der Waals surface area contributed by atoms with Gasteiger partial charge in [-0.25, -0.2) is 9.78 Å². The number of amides is 4. The second-order valence-corrected chi connectivity index (χ2v) is 18.7. The Morgan fingerprint density at radius 2 is 1.11 bits per heavy atom. The van der Waals surface area contributed by atoms with Gasteiger partial charge >= 0.3 is 12.1 Å². The number of carbonyl (C=O) groups excluding carboxylic acids is 4. The number of nitrogens with two attached hydrogens (primary N) is 1. The molecule has 0 saturated carbocycles. The van der Waals surface area contributed by atoms with Gasteiger partial charge in [0.25, 0.3) is 0 Å². The maximum Gasteiger partial charge on any atom is 0.416 e. The number of carbonyl (C=O) groups is 5. The Morgan fingerprint density at radius 3 is 1.65 bits per heavy atom. The quantitative estimate of drug-likeness (QED) is 0.0187. The third-order valence-electron chi connectivity index (χ3n) is 13.1. The number of aromatic hydroxyl groups is 1. The van der Waals surface area contributed by atoms with Crippen LogP contribution in [0.15, 0.2) is 152 Å². The number of phenolic OH excluding ortho intramolecular Hbond substituents is 1. The zero-order valence-electron chi connectivity index (χ0n) is 42.0. The highest BCUT2D eigenvalue weighted by molar-refractivity contribution is 5.94. The van der Waals surface area contributed by atoms with E-state index in [1.54, 1.807) is 6.33 Å². The van der Waals surface area contributed by atoms with Crippen molar-refractivity contribution in [2.75, 3.05) is 6.54 Å². The average molecular weight is 1030 g/mol. The summed E-state index contributed by atoms with van der Waals surface area (Å²) >= 11 is 0. The van der Waals surface area contributed by atoms with Crippen molar-refractivity contribution < 1.29 is 47.4 Å². The van der Waals surface area contributed by atoms with Gasteiger partial charge in [0.2, 0.25) is 23.6 Å². The van der Waals surface area contributed by atoms with Crippen molar-refractivity contribution in [2.45, 2.75) is 120 Å². The van der Waals surface area contributed by atoms with Gasteiger partial charge in [-0.2, -0.15) is 13.2 Å². The molecule has 0 spiro atoms. The van der Waals surface area contributed by atoms with Gasteiger partial charge in [-0.15, -0.1) is 0 Å². The molecular formula is C58H66F3N7O7. The first kappa shape index (κ1) is 56.5. The lowest BCUT2D eigenvalue weighted by atomic mass is 9.77. The van der Waals surface area contributed by atoms with Crippen molar-refractivity contribution in [1.82, 2.24) is 30.8 Å². The zero-order valence-corrected chi connectivity index (χ0v) is 42.0. The van der Waals surface area contributed by atoms with Crippen LogP contribution in [0, 0.1) is 0 Å². The lowest BCUT2D eigenvalue weighted by Gasteiger charge is -2.37.